The van der Waals surface area contributed by atoms with Gasteiger partial charge < -0.3 is 15.4 Å². The number of carbonyl (C=O) groups excluding carboxylic acids is 1. The maximum absolute atomic E-state index is 11.9. The van der Waals surface area contributed by atoms with Crippen molar-refractivity contribution in [2.75, 3.05) is 17.7 Å². The number of hydrogen-bond donors (Lipinski definition) is 2. The molecule has 7 nitrogen and oxygen atoms in total. The van der Waals surface area contributed by atoms with Crippen LogP contribution in [0.2, 0.25) is 0 Å². The number of esters is 1. The smallest absolute Gasteiger partial charge is 0.339 e. The van der Waals surface area contributed by atoms with E-state index in [4.69, 9.17) is 4.74 Å². The van der Waals surface area contributed by atoms with Gasteiger partial charge in [-0.1, -0.05) is 38.1 Å². The van der Waals surface area contributed by atoms with Crippen LogP contribution in [0.4, 0.5) is 23.1 Å². The Bertz CT molecular complexity index is 926. The van der Waals surface area contributed by atoms with E-state index in [1.54, 1.807) is 18.2 Å². The van der Waals surface area contributed by atoms with Crippen LogP contribution in [-0.2, 0) is 4.74 Å². The van der Waals surface area contributed by atoms with Gasteiger partial charge in [-0.2, -0.15) is 10.1 Å². The maximum atomic E-state index is 11.9. The molecular formula is C20H21N5O2. The number of carbonyl (C=O) groups is 1. The third-order valence-corrected chi connectivity index (χ3v) is 3.99. The largest absolute Gasteiger partial charge is 0.465 e. The predicted octanol–water partition coefficient (Wildman–Crippen LogP) is 4.27. The highest BCUT2D eigenvalue weighted by molar-refractivity contribution is 5.96. The first-order valence-electron chi connectivity index (χ1n) is 8.58. The summed E-state index contributed by atoms with van der Waals surface area (Å²) in [5, 5.41) is 14.2. The molecule has 0 amide bonds. The monoisotopic (exact) mass is 363 g/mol. The van der Waals surface area contributed by atoms with Crippen LogP contribution in [0.1, 0.15) is 35.7 Å². The number of aromatic nitrogens is 3. The second-order valence-electron chi connectivity index (χ2n) is 6.23. The summed E-state index contributed by atoms with van der Waals surface area (Å²) in [6.07, 6.45) is 1.49. The molecule has 0 aliphatic carbocycles. The minimum Gasteiger partial charge on any atom is -0.465 e. The van der Waals surface area contributed by atoms with Crippen molar-refractivity contribution in [2.24, 2.45) is 0 Å². The molecule has 27 heavy (non-hydrogen) atoms. The number of anilines is 4. The molecule has 1 heterocycles. The second kappa shape index (κ2) is 8.27. The average molecular weight is 363 g/mol. The van der Waals surface area contributed by atoms with Crippen LogP contribution in [-0.4, -0.2) is 28.3 Å². The Kier molecular flexibility index (Phi) is 5.61. The summed E-state index contributed by atoms with van der Waals surface area (Å²) in [6, 6.07) is 15.1. The molecule has 138 valence electrons. The highest BCUT2D eigenvalue weighted by Gasteiger charge is 2.12. The lowest BCUT2D eigenvalue weighted by atomic mass is 10.0. The van der Waals surface area contributed by atoms with Gasteiger partial charge in [0.05, 0.1) is 24.6 Å². The third kappa shape index (κ3) is 4.58. The van der Waals surface area contributed by atoms with E-state index < -0.39 is 5.97 Å². The van der Waals surface area contributed by atoms with E-state index in [9.17, 15) is 4.79 Å². The molecule has 0 saturated carbocycles. The number of para-hydroxylation sites is 1. The molecule has 0 saturated heterocycles. The summed E-state index contributed by atoms with van der Waals surface area (Å²) in [6.45, 7) is 4.30. The van der Waals surface area contributed by atoms with Crippen molar-refractivity contribution in [3.63, 3.8) is 0 Å². The first kappa shape index (κ1) is 18.3. The molecule has 3 aromatic rings. The van der Waals surface area contributed by atoms with Crippen molar-refractivity contribution in [1.82, 2.24) is 15.2 Å². The predicted molar refractivity (Wildman–Crippen MR) is 105 cm³/mol. The van der Waals surface area contributed by atoms with Crippen LogP contribution >= 0.6 is 0 Å². The molecular weight excluding hydrogens is 342 g/mol. The van der Waals surface area contributed by atoms with Gasteiger partial charge in [-0.25, -0.2) is 4.79 Å². The summed E-state index contributed by atoms with van der Waals surface area (Å²) in [5.74, 6) is 0.860. The first-order valence-corrected chi connectivity index (χ1v) is 8.58. The van der Waals surface area contributed by atoms with Crippen molar-refractivity contribution >= 4 is 29.1 Å². The van der Waals surface area contributed by atoms with Crippen molar-refractivity contribution in [3.8, 4) is 0 Å². The quantitative estimate of drug-likeness (QED) is 0.632. The molecule has 2 aromatic carbocycles. The van der Waals surface area contributed by atoms with Gasteiger partial charge in [0.2, 0.25) is 5.95 Å². The van der Waals surface area contributed by atoms with E-state index in [-0.39, 0.29) is 0 Å². The van der Waals surface area contributed by atoms with Crippen LogP contribution in [0.25, 0.3) is 0 Å². The lowest BCUT2D eigenvalue weighted by Crippen LogP contribution is -2.07. The van der Waals surface area contributed by atoms with Gasteiger partial charge in [-0.05, 0) is 35.7 Å². The minimum absolute atomic E-state index is 0.354. The molecule has 1 aromatic heterocycles. The molecule has 0 fully saturated rings. The fourth-order valence-electron chi connectivity index (χ4n) is 2.52. The highest BCUT2D eigenvalue weighted by atomic mass is 16.5. The minimum atomic E-state index is -0.427. The van der Waals surface area contributed by atoms with E-state index in [0.29, 0.717) is 28.9 Å². The zero-order valence-electron chi connectivity index (χ0n) is 15.4. The van der Waals surface area contributed by atoms with E-state index >= 15 is 0 Å². The summed E-state index contributed by atoms with van der Waals surface area (Å²) in [7, 11) is 1.35. The molecule has 0 atom stereocenters. The zero-order valence-corrected chi connectivity index (χ0v) is 15.4. The van der Waals surface area contributed by atoms with E-state index in [2.05, 4.69) is 51.8 Å². The fourth-order valence-corrected chi connectivity index (χ4v) is 2.52. The first-order chi connectivity index (χ1) is 13.1. The molecule has 7 heteroatoms. The lowest BCUT2D eigenvalue weighted by Gasteiger charge is -2.11. The summed E-state index contributed by atoms with van der Waals surface area (Å²) >= 11 is 0. The Hall–Kier alpha value is -3.48. The summed E-state index contributed by atoms with van der Waals surface area (Å²) in [5.41, 5.74) is 3.12. The van der Waals surface area contributed by atoms with Crippen LogP contribution in [0.3, 0.4) is 0 Å². The van der Waals surface area contributed by atoms with Crippen LogP contribution in [0.5, 0.6) is 0 Å². The van der Waals surface area contributed by atoms with Crippen LogP contribution < -0.4 is 10.6 Å². The van der Waals surface area contributed by atoms with Crippen molar-refractivity contribution in [2.45, 2.75) is 19.8 Å². The standard InChI is InChI=1S/C20H21N5O2/c1-13(2)14-8-10-15(11-9-14)22-20-24-18(12-21-25-20)23-17-7-5-4-6-16(17)19(26)27-3/h4-13H,1-3H3,(H2,22,23,24,25). The number of hydrogen-bond acceptors (Lipinski definition) is 7. The zero-order chi connectivity index (χ0) is 19.2. The van der Waals surface area contributed by atoms with Crippen LogP contribution in [0.15, 0.2) is 54.7 Å². The molecule has 2 N–H and O–H groups in total. The van der Waals surface area contributed by atoms with Gasteiger partial charge in [0.1, 0.15) is 0 Å². The van der Waals surface area contributed by atoms with Crippen molar-refractivity contribution in [1.29, 1.82) is 0 Å². The highest BCUT2D eigenvalue weighted by Crippen LogP contribution is 2.22. The fraction of sp³-hybridized carbons (Fsp3) is 0.200. The van der Waals surface area contributed by atoms with Gasteiger partial charge in [0.25, 0.3) is 0 Å². The number of methoxy groups -OCH3 is 1. The molecule has 0 bridgehead atoms. The van der Waals surface area contributed by atoms with Gasteiger partial charge in [-0.15, -0.1) is 5.10 Å². The summed E-state index contributed by atoms with van der Waals surface area (Å²) < 4.78 is 4.80. The lowest BCUT2D eigenvalue weighted by molar-refractivity contribution is 0.0602. The second-order valence-corrected chi connectivity index (χ2v) is 6.23. The molecule has 0 aliphatic heterocycles. The molecule has 0 radical (unpaired) electrons. The van der Waals surface area contributed by atoms with Gasteiger partial charge in [-0.3, -0.25) is 0 Å². The van der Waals surface area contributed by atoms with Crippen molar-refractivity contribution in [3.05, 3.63) is 65.9 Å². The van der Waals surface area contributed by atoms with Crippen molar-refractivity contribution < 1.29 is 9.53 Å². The number of nitrogens with one attached hydrogen (secondary N) is 2. The Morgan fingerprint density at radius 3 is 2.48 bits per heavy atom. The maximum Gasteiger partial charge on any atom is 0.339 e. The number of nitrogens with zero attached hydrogens (tertiary/aromatic N) is 3. The Labute approximate surface area is 157 Å². The Morgan fingerprint density at radius 1 is 1.04 bits per heavy atom. The number of rotatable bonds is 6. The SMILES string of the molecule is COC(=O)c1ccccc1Nc1cnnc(Nc2ccc(C(C)C)cc2)n1. The van der Waals surface area contributed by atoms with Crippen LogP contribution in [0, 0.1) is 0 Å². The van der Waals surface area contributed by atoms with E-state index in [1.165, 1.54) is 18.9 Å². The Morgan fingerprint density at radius 2 is 1.78 bits per heavy atom. The molecule has 3 rings (SSSR count). The molecule has 0 aliphatic rings. The molecule has 0 unspecified atom stereocenters. The van der Waals surface area contributed by atoms with E-state index in [1.807, 2.05) is 18.2 Å². The van der Waals surface area contributed by atoms with Gasteiger partial charge >= 0.3 is 5.97 Å². The topological polar surface area (TPSA) is 89.0 Å². The Balaban J connectivity index is 1.77. The summed E-state index contributed by atoms with van der Waals surface area (Å²) in [4.78, 5) is 16.3. The van der Waals surface area contributed by atoms with Gasteiger partial charge in [0, 0.05) is 5.69 Å². The normalized spacial score (nSPS) is 10.5. The average Bonchev–Trinajstić information content (AvgIpc) is 2.68. The van der Waals surface area contributed by atoms with E-state index in [0.717, 1.165) is 5.69 Å². The molecule has 0 spiro atoms. The van der Waals surface area contributed by atoms with Gasteiger partial charge in [0.15, 0.2) is 5.82 Å². The third-order valence-electron chi connectivity index (χ3n) is 3.99. The number of benzene rings is 2. The number of ether oxygens (including phenoxy) is 1.